The molecule has 0 saturated carbocycles. The van der Waals surface area contributed by atoms with Gasteiger partial charge >= 0.3 is 0 Å². The number of para-hydroxylation sites is 2. The minimum absolute atomic E-state index is 0.296. The Morgan fingerprint density at radius 3 is 2.84 bits per heavy atom. The van der Waals surface area contributed by atoms with Crippen molar-refractivity contribution in [2.45, 2.75) is 45.3 Å². The maximum atomic E-state index is 9.34. The molecular weight excluding hydrogens is 236 g/mol. The average Bonchev–Trinajstić information content (AvgIpc) is 2.79. The summed E-state index contributed by atoms with van der Waals surface area (Å²) in [5.41, 5.74) is 1.62. The molecule has 4 nitrogen and oxygen atoms in total. The molecule has 1 atom stereocenters. The van der Waals surface area contributed by atoms with Crippen LogP contribution in [-0.4, -0.2) is 21.1 Å². The maximum absolute atomic E-state index is 9.34. The number of aryl methyl sites for hydroxylation is 1. The van der Waals surface area contributed by atoms with Gasteiger partial charge in [-0.1, -0.05) is 12.1 Å². The molecule has 0 amide bonds. The van der Waals surface area contributed by atoms with E-state index in [9.17, 15) is 5.26 Å². The lowest BCUT2D eigenvalue weighted by Crippen LogP contribution is -2.45. The molecule has 0 bridgehead atoms. The van der Waals surface area contributed by atoms with E-state index in [0.717, 1.165) is 24.0 Å². The van der Waals surface area contributed by atoms with Gasteiger partial charge in [-0.25, -0.2) is 4.98 Å². The van der Waals surface area contributed by atoms with Gasteiger partial charge in [-0.2, -0.15) is 5.26 Å². The first kappa shape index (κ1) is 13.6. The van der Waals surface area contributed by atoms with E-state index in [1.165, 1.54) is 0 Å². The Kier molecular flexibility index (Phi) is 3.87. The van der Waals surface area contributed by atoms with Gasteiger partial charge in [-0.05, 0) is 39.3 Å². The van der Waals surface area contributed by atoms with E-state index in [2.05, 4.69) is 40.9 Å². The SMILES string of the molecule is CC(C)NC(C)(C#N)CCn1cnc2ccccc21. The number of hydrogen-bond acceptors (Lipinski definition) is 3. The molecule has 0 spiro atoms. The molecule has 0 radical (unpaired) electrons. The molecule has 19 heavy (non-hydrogen) atoms. The number of nitriles is 1. The number of aromatic nitrogens is 2. The van der Waals surface area contributed by atoms with Gasteiger partial charge in [0.2, 0.25) is 0 Å². The van der Waals surface area contributed by atoms with E-state index >= 15 is 0 Å². The van der Waals surface area contributed by atoms with Crippen molar-refractivity contribution >= 4 is 11.0 Å². The summed E-state index contributed by atoms with van der Waals surface area (Å²) in [5.74, 6) is 0. The third kappa shape index (κ3) is 3.12. The fourth-order valence-electron chi connectivity index (χ4n) is 2.33. The first-order chi connectivity index (χ1) is 9.04. The molecule has 0 saturated heterocycles. The first-order valence-electron chi connectivity index (χ1n) is 6.63. The summed E-state index contributed by atoms with van der Waals surface area (Å²) in [6.07, 6.45) is 2.60. The minimum atomic E-state index is -0.500. The molecule has 2 aromatic rings. The van der Waals surface area contributed by atoms with Gasteiger partial charge in [0.05, 0.1) is 23.4 Å². The van der Waals surface area contributed by atoms with E-state index < -0.39 is 5.54 Å². The van der Waals surface area contributed by atoms with Crippen LogP contribution >= 0.6 is 0 Å². The smallest absolute Gasteiger partial charge is 0.105 e. The van der Waals surface area contributed by atoms with Crippen LogP contribution in [0.3, 0.4) is 0 Å². The summed E-state index contributed by atoms with van der Waals surface area (Å²) in [7, 11) is 0. The molecule has 1 heterocycles. The second-order valence-electron chi connectivity index (χ2n) is 5.42. The van der Waals surface area contributed by atoms with Crippen molar-refractivity contribution in [2.24, 2.45) is 0 Å². The van der Waals surface area contributed by atoms with Crippen LogP contribution in [0.15, 0.2) is 30.6 Å². The molecule has 1 unspecified atom stereocenters. The molecule has 1 N–H and O–H groups in total. The van der Waals surface area contributed by atoms with Crippen LogP contribution in [0.25, 0.3) is 11.0 Å². The minimum Gasteiger partial charge on any atom is -0.330 e. The van der Waals surface area contributed by atoms with Crippen LogP contribution in [0.2, 0.25) is 0 Å². The molecule has 0 aliphatic carbocycles. The predicted octanol–water partition coefficient (Wildman–Crippen LogP) is 2.71. The van der Waals surface area contributed by atoms with Crippen molar-refractivity contribution in [3.63, 3.8) is 0 Å². The van der Waals surface area contributed by atoms with Crippen molar-refractivity contribution in [1.82, 2.24) is 14.9 Å². The molecule has 4 heteroatoms. The summed E-state index contributed by atoms with van der Waals surface area (Å²) in [6, 6.07) is 10.7. The molecule has 1 aromatic carbocycles. The monoisotopic (exact) mass is 256 g/mol. The van der Waals surface area contributed by atoms with Gasteiger partial charge in [0.1, 0.15) is 5.54 Å². The normalized spacial score (nSPS) is 14.5. The quantitative estimate of drug-likeness (QED) is 0.895. The lowest BCUT2D eigenvalue weighted by Gasteiger charge is -2.26. The van der Waals surface area contributed by atoms with Crippen LogP contribution in [0.5, 0.6) is 0 Å². The van der Waals surface area contributed by atoms with Crippen molar-refractivity contribution in [3.05, 3.63) is 30.6 Å². The number of imidazole rings is 1. The molecular formula is C15H20N4. The van der Waals surface area contributed by atoms with Crippen molar-refractivity contribution in [1.29, 1.82) is 5.26 Å². The third-order valence-corrected chi connectivity index (χ3v) is 3.23. The zero-order valence-electron chi connectivity index (χ0n) is 11.7. The Balaban J connectivity index is 2.12. The second kappa shape index (κ2) is 5.41. The zero-order chi connectivity index (χ0) is 13.9. The number of nitrogens with zero attached hydrogens (tertiary/aromatic N) is 3. The highest BCUT2D eigenvalue weighted by atomic mass is 15.1. The average molecular weight is 256 g/mol. The van der Waals surface area contributed by atoms with Crippen molar-refractivity contribution < 1.29 is 0 Å². The van der Waals surface area contributed by atoms with E-state index in [1.54, 1.807) is 0 Å². The molecule has 0 fully saturated rings. The maximum Gasteiger partial charge on any atom is 0.105 e. The van der Waals surface area contributed by atoms with E-state index in [0.29, 0.717) is 6.04 Å². The van der Waals surface area contributed by atoms with Gasteiger partial charge in [-0.3, -0.25) is 5.32 Å². The number of fused-ring (bicyclic) bond motifs is 1. The summed E-state index contributed by atoms with van der Waals surface area (Å²) in [4.78, 5) is 4.37. The summed E-state index contributed by atoms with van der Waals surface area (Å²) < 4.78 is 2.10. The van der Waals surface area contributed by atoms with E-state index in [4.69, 9.17) is 0 Å². The Morgan fingerprint density at radius 2 is 2.16 bits per heavy atom. The van der Waals surface area contributed by atoms with Gasteiger partial charge in [0.15, 0.2) is 0 Å². The highest BCUT2D eigenvalue weighted by molar-refractivity contribution is 5.74. The van der Waals surface area contributed by atoms with Crippen LogP contribution in [0.1, 0.15) is 27.2 Å². The molecule has 1 aromatic heterocycles. The number of nitrogens with one attached hydrogen (secondary N) is 1. The van der Waals surface area contributed by atoms with E-state index in [-0.39, 0.29) is 0 Å². The van der Waals surface area contributed by atoms with E-state index in [1.807, 2.05) is 31.5 Å². The van der Waals surface area contributed by atoms with Crippen molar-refractivity contribution in [3.8, 4) is 6.07 Å². The molecule has 0 aliphatic heterocycles. The Bertz CT molecular complexity index is 593. The first-order valence-corrected chi connectivity index (χ1v) is 6.63. The van der Waals surface area contributed by atoms with Crippen molar-refractivity contribution in [2.75, 3.05) is 0 Å². The molecule has 0 aliphatic rings. The predicted molar refractivity (Wildman–Crippen MR) is 76.6 cm³/mol. The molecule has 100 valence electrons. The summed E-state index contributed by atoms with van der Waals surface area (Å²) >= 11 is 0. The lowest BCUT2D eigenvalue weighted by molar-refractivity contribution is 0.364. The fourth-order valence-corrected chi connectivity index (χ4v) is 2.33. The largest absolute Gasteiger partial charge is 0.330 e. The van der Waals surface area contributed by atoms with Gasteiger partial charge in [-0.15, -0.1) is 0 Å². The number of rotatable bonds is 5. The highest BCUT2D eigenvalue weighted by Crippen LogP contribution is 2.16. The van der Waals surface area contributed by atoms with Gasteiger partial charge in [0, 0.05) is 12.6 Å². The topological polar surface area (TPSA) is 53.6 Å². The number of benzene rings is 1. The lowest BCUT2D eigenvalue weighted by atomic mass is 9.98. The van der Waals surface area contributed by atoms with Gasteiger partial charge in [0.25, 0.3) is 0 Å². The zero-order valence-corrected chi connectivity index (χ0v) is 11.7. The third-order valence-electron chi connectivity index (χ3n) is 3.23. The summed E-state index contributed by atoms with van der Waals surface area (Å²) in [6.45, 7) is 6.85. The fraction of sp³-hybridized carbons (Fsp3) is 0.467. The van der Waals surface area contributed by atoms with Crippen LogP contribution in [0.4, 0.5) is 0 Å². The van der Waals surface area contributed by atoms with Gasteiger partial charge < -0.3 is 4.57 Å². The van der Waals surface area contributed by atoms with Crippen LogP contribution < -0.4 is 5.32 Å². The Morgan fingerprint density at radius 1 is 1.42 bits per heavy atom. The standard InChI is InChI=1S/C15H20N4/c1-12(2)18-15(3,10-16)8-9-19-11-17-13-6-4-5-7-14(13)19/h4-7,11-12,18H,8-9H2,1-3H3. The summed E-state index contributed by atoms with van der Waals surface area (Å²) in [5, 5.41) is 12.7. The van der Waals surface area contributed by atoms with Crippen LogP contribution in [0, 0.1) is 11.3 Å². The van der Waals surface area contributed by atoms with Crippen LogP contribution in [-0.2, 0) is 6.54 Å². The number of hydrogen-bond donors (Lipinski definition) is 1. The second-order valence-corrected chi connectivity index (χ2v) is 5.42. The Hall–Kier alpha value is -1.86. The molecule has 2 rings (SSSR count). The highest BCUT2D eigenvalue weighted by Gasteiger charge is 2.24. The Labute approximate surface area is 114 Å².